The number of aryl methyl sites for hydroxylation is 1. The Morgan fingerprint density at radius 3 is 2.92 bits per heavy atom. The Morgan fingerprint density at radius 1 is 1.25 bits per heavy atom. The lowest BCUT2D eigenvalue weighted by Gasteiger charge is -2.08. The Labute approximate surface area is 139 Å². The zero-order valence-electron chi connectivity index (χ0n) is 13.5. The summed E-state index contributed by atoms with van der Waals surface area (Å²) in [4.78, 5) is 21.1. The summed E-state index contributed by atoms with van der Waals surface area (Å²) in [5, 5.41) is 5.17. The number of ether oxygens (including phenoxy) is 1. The van der Waals surface area contributed by atoms with E-state index in [-0.39, 0.29) is 11.9 Å². The lowest BCUT2D eigenvalue weighted by Crippen LogP contribution is -2.21. The molecule has 4 rings (SSSR count). The van der Waals surface area contributed by atoms with Gasteiger partial charge in [-0.25, -0.2) is 0 Å². The van der Waals surface area contributed by atoms with Crippen LogP contribution in [0.25, 0.3) is 22.0 Å². The second-order valence-electron chi connectivity index (χ2n) is 6.14. The van der Waals surface area contributed by atoms with Gasteiger partial charge < -0.3 is 4.74 Å². The first-order chi connectivity index (χ1) is 11.7. The number of aromatic nitrogens is 4. The third-order valence-electron chi connectivity index (χ3n) is 4.31. The second-order valence-corrected chi connectivity index (χ2v) is 6.14. The van der Waals surface area contributed by atoms with Crippen molar-refractivity contribution in [3.8, 4) is 11.1 Å². The summed E-state index contributed by atoms with van der Waals surface area (Å²) in [6.45, 7) is 0.681. The molecule has 6 heteroatoms. The van der Waals surface area contributed by atoms with Crippen LogP contribution in [-0.2, 0) is 23.0 Å². The van der Waals surface area contributed by atoms with Crippen molar-refractivity contribution in [1.29, 1.82) is 0 Å². The van der Waals surface area contributed by atoms with E-state index in [0.29, 0.717) is 13.0 Å². The normalized spacial score (nSPS) is 17.5. The summed E-state index contributed by atoms with van der Waals surface area (Å²) in [6.07, 6.45) is 9.12. The molecule has 0 aromatic carbocycles. The number of carbonyl (C=O) groups excluding carboxylic acids is 1. The summed E-state index contributed by atoms with van der Waals surface area (Å²) < 4.78 is 7.22. The summed E-state index contributed by atoms with van der Waals surface area (Å²) in [5.41, 5.74) is 3.59. The van der Waals surface area contributed by atoms with Crippen LogP contribution in [0.1, 0.15) is 18.5 Å². The molecule has 24 heavy (non-hydrogen) atoms. The van der Waals surface area contributed by atoms with Crippen molar-refractivity contribution in [2.45, 2.75) is 25.4 Å². The lowest BCUT2D eigenvalue weighted by atomic mass is 10.1. The molecule has 0 aliphatic carbocycles. The van der Waals surface area contributed by atoms with Crippen LogP contribution in [0.15, 0.2) is 36.9 Å². The van der Waals surface area contributed by atoms with Gasteiger partial charge in [0, 0.05) is 48.3 Å². The molecule has 122 valence electrons. The van der Waals surface area contributed by atoms with Crippen molar-refractivity contribution in [2.24, 2.45) is 7.05 Å². The SMILES string of the molecule is Cn1cc(-c2cnc3cnc(CC(=O)[C@@H]4CCCO4)cc3c2)cn1. The van der Waals surface area contributed by atoms with Crippen LogP contribution in [0.2, 0.25) is 0 Å². The molecule has 6 nitrogen and oxygen atoms in total. The van der Waals surface area contributed by atoms with Gasteiger partial charge in [0.1, 0.15) is 6.10 Å². The molecule has 0 saturated carbocycles. The van der Waals surface area contributed by atoms with E-state index in [1.54, 1.807) is 10.9 Å². The van der Waals surface area contributed by atoms with Crippen molar-refractivity contribution < 1.29 is 9.53 Å². The minimum Gasteiger partial charge on any atom is -0.370 e. The topological polar surface area (TPSA) is 69.9 Å². The zero-order chi connectivity index (χ0) is 16.5. The number of nitrogens with zero attached hydrogens (tertiary/aromatic N) is 4. The molecule has 3 aromatic heterocycles. The van der Waals surface area contributed by atoms with Gasteiger partial charge in [-0.3, -0.25) is 19.4 Å². The van der Waals surface area contributed by atoms with Crippen LogP contribution in [-0.4, -0.2) is 38.2 Å². The van der Waals surface area contributed by atoms with E-state index in [4.69, 9.17) is 4.74 Å². The Bertz CT molecular complexity index is 897. The maximum absolute atomic E-state index is 12.3. The molecule has 1 aliphatic rings. The van der Waals surface area contributed by atoms with Crippen molar-refractivity contribution >= 4 is 16.7 Å². The Kier molecular flexibility index (Phi) is 3.82. The number of Topliss-reactive ketones (excluding diaryl/α,β-unsaturated/α-hetero) is 1. The molecule has 1 atom stereocenters. The highest BCUT2D eigenvalue weighted by atomic mass is 16.5. The molecule has 0 amide bonds. The second kappa shape index (κ2) is 6.13. The summed E-state index contributed by atoms with van der Waals surface area (Å²) in [5.74, 6) is 0.107. The summed E-state index contributed by atoms with van der Waals surface area (Å²) in [7, 11) is 1.89. The number of hydrogen-bond acceptors (Lipinski definition) is 5. The summed E-state index contributed by atoms with van der Waals surface area (Å²) >= 11 is 0. The minimum absolute atomic E-state index is 0.107. The van der Waals surface area contributed by atoms with Crippen LogP contribution in [0, 0.1) is 0 Å². The fourth-order valence-corrected chi connectivity index (χ4v) is 3.03. The predicted molar refractivity (Wildman–Crippen MR) is 89.4 cm³/mol. The van der Waals surface area contributed by atoms with Crippen molar-refractivity contribution in [2.75, 3.05) is 6.61 Å². The van der Waals surface area contributed by atoms with Crippen molar-refractivity contribution in [1.82, 2.24) is 19.7 Å². The van der Waals surface area contributed by atoms with Crippen molar-refractivity contribution in [3.63, 3.8) is 0 Å². The number of ketones is 1. The molecular formula is C18H18N4O2. The number of rotatable bonds is 4. The Morgan fingerprint density at radius 2 is 2.17 bits per heavy atom. The highest BCUT2D eigenvalue weighted by Crippen LogP contribution is 2.23. The molecular weight excluding hydrogens is 304 g/mol. The third-order valence-corrected chi connectivity index (χ3v) is 4.31. The molecule has 0 N–H and O–H groups in total. The largest absolute Gasteiger partial charge is 0.370 e. The number of carbonyl (C=O) groups is 1. The van der Waals surface area contributed by atoms with E-state index in [0.717, 1.165) is 40.6 Å². The number of hydrogen-bond donors (Lipinski definition) is 0. The van der Waals surface area contributed by atoms with Crippen molar-refractivity contribution in [3.05, 3.63) is 42.6 Å². The molecule has 0 spiro atoms. The van der Waals surface area contributed by atoms with Gasteiger partial charge in [0.05, 0.1) is 24.3 Å². The molecule has 0 unspecified atom stereocenters. The average molecular weight is 322 g/mol. The van der Waals surface area contributed by atoms with Gasteiger partial charge in [0.2, 0.25) is 0 Å². The van der Waals surface area contributed by atoms with Gasteiger partial charge in [0.25, 0.3) is 0 Å². The lowest BCUT2D eigenvalue weighted by molar-refractivity contribution is -0.127. The monoisotopic (exact) mass is 322 g/mol. The quantitative estimate of drug-likeness (QED) is 0.737. The van der Waals surface area contributed by atoms with Crippen LogP contribution in [0.3, 0.4) is 0 Å². The maximum atomic E-state index is 12.3. The van der Waals surface area contributed by atoms with Gasteiger partial charge >= 0.3 is 0 Å². The van der Waals surface area contributed by atoms with Gasteiger partial charge in [0.15, 0.2) is 5.78 Å². The average Bonchev–Trinajstić information content (AvgIpc) is 3.25. The smallest absolute Gasteiger partial charge is 0.167 e. The Hall–Kier alpha value is -2.60. The van der Waals surface area contributed by atoms with Gasteiger partial charge in [-0.1, -0.05) is 0 Å². The number of pyridine rings is 2. The van der Waals surface area contributed by atoms with E-state index in [1.165, 1.54) is 0 Å². The summed E-state index contributed by atoms with van der Waals surface area (Å²) in [6, 6.07) is 4.00. The standard InChI is InChI=1S/C18H18N4O2/c1-22-11-14(9-21-22)13-5-12-6-15(19-10-16(12)20-8-13)7-17(23)18-3-2-4-24-18/h5-6,8-11,18H,2-4,7H2,1H3/t18-/m0/s1. The van der Waals surface area contributed by atoms with E-state index in [2.05, 4.69) is 21.1 Å². The molecule has 0 bridgehead atoms. The Balaban J connectivity index is 1.62. The van der Waals surface area contributed by atoms with Crippen LogP contribution >= 0.6 is 0 Å². The molecule has 1 aliphatic heterocycles. The molecule has 3 aromatic rings. The van der Waals surface area contributed by atoms with E-state index < -0.39 is 0 Å². The van der Waals surface area contributed by atoms with Gasteiger partial charge in [-0.2, -0.15) is 5.10 Å². The molecule has 0 radical (unpaired) electrons. The first-order valence-electron chi connectivity index (χ1n) is 8.07. The van der Waals surface area contributed by atoms with E-state index in [1.807, 2.05) is 31.7 Å². The number of fused-ring (bicyclic) bond motifs is 1. The fraction of sp³-hybridized carbons (Fsp3) is 0.333. The van der Waals surface area contributed by atoms with Gasteiger partial charge in [-0.15, -0.1) is 0 Å². The van der Waals surface area contributed by atoms with Crippen LogP contribution < -0.4 is 0 Å². The maximum Gasteiger partial charge on any atom is 0.167 e. The third kappa shape index (κ3) is 2.92. The molecule has 1 saturated heterocycles. The van der Waals surface area contributed by atoms with E-state index >= 15 is 0 Å². The minimum atomic E-state index is -0.262. The molecule has 1 fully saturated rings. The first-order valence-corrected chi connectivity index (χ1v) is 8.07. The predicted octanol–water partition coefficient (Wildman–Crippen LogP) is 2.32. The molecule has 4 heterocycles. The highest BCUT2D eigenvalue weighted by Gasteiger charge is 2.23. The highest BCUT2D eigenvalue weighted by molar-refractivity contribution is 5.87. The zero-order valence-corrected chi connectivity index (χ0v) is 13.5. The van der Waals surface area contributed by atoms with Gasteiger partial charge in [-0.05, 0) is 25.0 Å². The first kappa shape index (κ1) is 15.0. The van der Waals surface area contributed by atoms with E-state index in [9.17, 15) is 4.79 Å². The van der Waals surface area contributed by atoms with Crippen LogP contribution in [0.5, 0.6) is 0 Å². The van der Waals surface area contributed by atoms with Crippen LogP contribution in [0.4, 0.5) is 0 Å². The fourth-order valence-electron chi connectivity index (χ4n) is 3.03.